The molecule has 0 aromatic carbocycles. The Balaban J connectivity index is 2.46. The van der Waals surface area contributed by atoms with Gasteiger partial charge in [-0.25, -0.2) is 0 Å². The van der Waals surface area contributed by atoms with Gasteiger partial charge in [-0.05, 0) is 13.8 Å². The predicted octanol–water partition coefficient (Wildman–Crippen LogP) is 1.89. The molecule has 0 unspecified atom stereocenters. The summed E-state index contributed by atoms with van der Waals surface area (Å²) in [6, 6.07) is 0. The highest BCUT2D eigenvalue weighted by molar-refractivity contribution is 6.42. The number of fused-ring (bicyclic) bond motifs is 2. The topological polar surface area (TPSA) is 26.3 Å². The van der Waals surface area contributed by atoms with Crippen LogP contribution in [-0.2, 0) is 9.53 Å². The van der Waals surface area contributed by atoms with Crippen molar-refractivity contribution in [2.24, 2.45) is 0 Å². The van der Waals surface area contributed by atoms with Crippen LogP contribution in [0.4, 0.5) is 0 Å². The standard InChI is InChI=1S/C9H10Cl2O2/c1-8-3-4-9(2,13-8)7(11)5(12)6(8)10/h3-4,6-7H,1-2H3/t6-,7+,8-,9+. The molecular weight excluding hydrogens is 211 g/mol. The first-order valence-corrected chi connectivity index (χ1v) is 4.99. The lowest BCUT2D eigenvalue weighted by molar-refractivity contribution is -0.145. The molecule has 0 aliphatic carbocycles. The van der Waals surface area contributed by atoms with Gasteiger partial charge in [0.05, 0.1) is 0 Å². The fourth-order valence-electron chi connectivity index (χ4n) is 1.84. The molecular formula is C9H10Cl2O2. The van der Waals surface area contributed by atoms with Crippen LogP contribution in [-0.4, -0.2) is 27.7 Å². The molecule has 0 N–H and O–H groups in total. The lowest BCUT2D eigenvalue weighted by Crippen LogP contribution is -2.57. The minimum absolute atomic E-state index is 0.149. The number of ketones is 1. The van der Waals surface area contributed by atoms with Crippen molar-refractivity contribution in [3.05, 3.63) is 12.2 Å². The Morgan fingerprint density at radius 1 is 1.23 bits per heavy atom. The van der Waals surface area contributed by atoms with Gasteiger partial charge in [0.2, 0.25) is 0 Å². The van der Waals surface area contributed by atoms with Crippen LogP contribution in [0.1, 0.15) is 13.8 Å². The van der Waals surface area contributed by atoms with Gasteiger partial charge in [-0.3, -0.25) is 4.79 Å². The first kappa shape index (κ1) is 9.50. The number of carbonyl (C=O) groups is 1. The second-order valence-electron chi connectivity index (χ2n) is 3.93. The second-order valence-corrected chi connectivity index (χ2v) is 4.80. The first-order valence-electron chi connectivity index (χ1n) is 4.11. The fraction of sp³-hybridized carbons (Fsp3) is 0.667. The molecule has 0 saturated carbocycles. The van der Waals surface area contributed by atoms with E-state index >= 15 is 0 Å². The van der Waals surface area contributed by atoms with Crippen molar-refractivity contribution in [3.8, 4) is 0 Å². The monoisotopic (exact) mass is 220 g/mol. The molecule has 2 rings (SSSR count). The van der Waals surface area contributed by atoms with Gasteiger partial charge in [-0.1, -0.05) is 12.2 Å². The summed E-state index contributed by atoms with van der Waals surface area (Å²) in [6.45, 7) is 3.60. The summed E-state index contributed by atoms with van der Waals surface area (Å²) in [6.07, 6.45) is 3.65. The maximum absolute atomic E-state index is 11.6. The molecule has 0 radical (unpaired) electrons. The van der Waals surface area contributed by atoms with Gasteiger partial charge in [0, 0.05) is 0 Å². The maximum Gasteiger partial charge on any atom is 0.174 e. The normalized spacial score (nSPS) is 54.3. The summed E-state index contributed by atoms with van der Waals surface area (Å²) in [4.78, 5) is 11.6. The molecule has 4 atom stereocenters. The molecule has 2 aliphatic heterocycles. The van der Waals surface area contributed by atoms with Gasteiger partial charge in [0.25, 0.3) is 0 Å². The fourth-order valence-corrected chi connectivity index (χ4v) is 2.39. The highest BCUT2D eigenvalue weighted by Gasteiger charge is 2.57. The largest absolute Gasteiger partial charge is 0.357 e. The van der Waals surface area contributed by atoms with Gasteiger partial charge in [-0.15, -0.1) is 23.2 Å². The highest BCUT2D eigenvalue weighted by atomic mass is 35.5. The molecule has 0 aromatic rings. The SMILES string of the molecule is C[C@]12C=C[C@](C)(O1)[C@@H](Cl)C(=O)[C@H]2Cl. The van der Waals surface area contributed by atoms with Crippen LogP contribution in [0, 0.1) is 0 Å². The molecule has 0 amide bonds. The Labute approximate surface area is 86.8 Å². The van der Waals surface area contributed by atoms with E-state index in [0.717, 1.165) is 0 Å². The number of alkyl halides is 2. The lowest BCUT2D eigenvalue weighted by atomic mass is 9.91. The first-order chi connectivity index (χ1) is 5.89. The molecule has 2 aliphatic rings. The number of ether oxygens (including phenoxy) is 1. The van der Waals surface area contributed by atoms with E-state index in [2.05, 4.69) is 0 Å². The van der Waals surface area contributed by atoms with Crippen molar-refractivity contribution in [1.29, 1.82) is 0 Å². The number of carbonyl (C=O) groups excluding carboxylic acids is 1. The maximum atomic E-state index is 11.6. The Hall–Kier alpha value is -0.0500. The van der Waals surface area contributed by atoms with Crippen LogP contribution in [0.5, 0.6) is 0 Å². The van der Waals surface area contributed by atoms with Gasteiger partial charge in [0.1, 0.15) is 22.0 Å². The molecule has 0 aromatic heterocycles. The van der Waals surface area contributed by atoms with Gasteiger partial charge < -0.3 is 4.74 Å². The smallest absolute Gasteiger partial charge is 0.174 e. The van der Waals surface area contributed by atoms with Crippen molar-refractivity contribution in [2.45, 2.75) is 35.8 Å². The molecule has 2 heterocycles. The molecule has 0 spiro atoms. The quantitative estimate of drug-likeness (QED) is 0.461. The molecule has 1 fully saturated rings. The van der Waals surface area contributed by atoms with Crippen molar-refractivity contribution >= 4 is 29.0 Å². The number of halogens is 2. The van der Waals surface area contributed by atoms with Gasteiger partial charge in [0.15, 0.2) is 5.78 Å². The van der Waals surface area contributed by atoms with Crippen LogP contribution in [0.3, 0.4) is 0 Å². The molecule has 1 saturated heterocycles. The van der Waals surface area contributed by atoms with Crippen LogP contribution < -0.4 is 0 Å². The Kier molecular flexibility index (Phi) is 1.83. The Morgan fingerprint density at radius 2 is 1.62 bits per heavy atom. The summed E-state index contributed by atoms with van der Waals surface area (Å²) in [7, 11) is 0. The number of hydrogen-bond acceptors (Lipinski definition) is 2. The third-order valence-corrected chi connectivity index (χ3v) is 3.99. The third kappa shape index (κ3) is 1.09. The number of hydrogen-bond donors (Lipinski definition) is 0. The molecule has 2 nitrogen and oxygen atoms in total. The van der Waals surface area contributed by atoms with Gasteiger partial charge in [-0.2, -0.15) is 0 Å². The van der Waals surface area contributed by atoms with E-state index < -0.39 is 22.0 Å². The summed E-state index contributed by atoms with van der Waals surface area (Å²) in [5.74, 6) is -0.149. The van der Waals surface area contributed by atoms with Crippen molar-refractivity contribution in [3.63, 3.8) is 0 Å². The molecule has 13 heavy (non-hydrogen) atoms. The summed E-state index contributed by atoms with van der Waals surface area (Å²) in [5.41, 5.74) is -1.36. The summed E-state index contributed by atoms with van der Waals surface area (Å²) >= 11 is 11.9. The van der Waals surface area contributed by atoms with Crippen LogP contribution in [0.25, 0.3) is 0 Å². The Morgan fingerprint density at radius 3 is 2.00 bits per heavy atom. The summed E-state index contributed by atoms with van der Waals surface area (Å²) < 4.78 is 5.67. The zero-order chi connectivity index (χ0) is 9.85. The second kappa shape index (κ2) is 2.50. The minimum Gasteiger partial charge on any atom is -0.357 e. The zero-order valence-corrected chi connectivity index (χ0v) is 8.89. The van der Waals surface area contributed by atoms with Crippen molar-refractivity contribution in [2.75, 3.05) is 0 Å². The molecule has 2 bridgehead atoms. The van der Waals surface area contributed by atoms with E-state index in [1.54, 1.807) is 13.8 Å². The van der Waals surface area contributed by atoms with Crippen LogP contribution in [0.15, 0.2) is 12.2 Å². The van der Waals surface area contributed by atoms with Gasteiger partial charge >= 0.3 is 0 Å². The minimum atomic E-state index is -0.682. The van der Waals surface area contributed by atoms with Crippen LogP contribution >= 0.6 is 23.2 Å². The van der Waals surface area contributed by atoms with E-state index in [0.29, 0.717) is 0 Å². The van der Waals surface area contributed by atoms with Crippen molar-refractivity contribution in [1.82, 2.24) is 0 Å². The molecule has 4 heteroatoms. The predicted molar refractivity (Wildman–Crippen MR) is 51.3 cm³/mol. The third-order valence-electron chi connectivity index (χ3n) is 2.69. The summed E-state index contributed by atoms with van der Waals surface area (Å²) in [5, 5.41) is -1.36. The average molecular weight is 221 g/mol. The zero-order valence-electron chi connectivity index (χ0n) is 7.38. The molecule has 72 valence electrons. The van der Waals surface area contributed by atoms with Crippen molar-refractivity contribution < 1.29 is 9.53 Å². The lowest BCUT2D eigenvalue weighted by Gasteiger charge is -2.41. The average Bonchev–Trinajstić information content (AvgIpc) is 2.38. The number of Topliss-reactive ketones (excluding diaryl/α,β-unsaturated/α-hetero) is 1. The van der Waals surface area contributed by atoms with E-state index in [4.69, 9.17) is 27.9 Å². The van der Waals surface area contributed by atoms with Crippen LogP contribution in [0.2, 0.25) is 0 Å². The van der Waals surface area contributed by atoms with E-state index in [-0.39, 0.29) is 5.78 Å². The Bertz CT molecular complexity index is 276. The van der Waals surface area contributed by atoms with E-state index in [1.807, 2.05) is 12.2 Å². The number of rotatable bonds is 0. The highest BCUT2D eigenvalue weighted by Crippen LogP contribution is 2.45. The van der Waals surface area contributed by atoms with E-state index in [9.17, 15) is 4.79 Å². The van der Waals surface area contributed by atoms with E-state index in [1.165, 1.54) is 0 Å².